The van der Waals surface area contributed by atoms with Gasteiger partial charge >= 0.3 is 0 Å². The van der Waals surface area contributed by atoms with Crippen molar-refractivity contribution < 1.29 is 9.16 Å². The molecule has 30 heavy (non-hydrogen) atoms. The Labute approximate surface area is 191 Å². The molecular formula is C25H34BrNO2Si. The predicted octanol–water partition coefficient (Wildman–Crippen LogP) is 6.55. The Morgan fingerprint density at radius 2 is 1.80 bits per heavy atom. The van der Waals surface area contributed by atoms with Gasteiger partial charge in [-0.2, -0.15) is 0 Å². The molecule has 2 rings (SSSR count). The van der Waals surface area contributed by atoms with Crippen LogP contribution >= 0.6 is 15.9 Å². The Kier molecular flexibility index (Phi) is 9.18. The second kappa shape index (κ2) is 11.2. The summed E-state index contributed by atoms with van der Waals surface area (Å²) in [6.45, 7) is 13.0. The first-order valence-corrected chi connectivity index (χ1v) is 14.1. The summed E-state index contributed by atoms with van der Waals surface area (Å²) in [5.74, 6) is 7.51. The number of hydrogen-bond acceptors (Lipinski definition) is 3. The minimum Gasteiger partial charge on any atom is -0.497 e. The molecule has 0 aliphatic heterocycles. The second-order valence-electron chi connectivity index (χ2n) is 8.87. The Bertz CT molecular complexity index is 866. The standard InChI is InChI=1S/C25H34BrNO2Si/c1-25(2,3)30(5,6)29-18-10-17-27-24(16-13-20-11-8-7-9-12-20)22-19-21(28-4)14-15-23(22)26/h7-9,11-12,14-15,19,24,27H,10,17-18H2,1-6H3. The molecule has 162 valence electrons. The van der Waals surface area contributed by atoms with Crippen molar-refractivity contribution in [2.75, 3.05) is 20.3 Å². The van der Waals surface area contributed by atoms with Crippen molar-refractivity contribution >= 4 is 24.2 Å². The molecule has 2 aromatic rings. The van der Waals surface area contributed by atoms with E-state index in [4.69, 9.17) is 9.16 Å². The number of hydrogen-bond donors (Lipinski definition) is 1. The zero-order valence-electron chi connectivity index (χ0n) is 19.0. The molecule has 1 N–H and O–H groups in total. The zero-order valence-corrected chi connectivity index (χ0v) is 21.6. The fourth-order valence-corrected chi connectivity index (χ4v) is 4.21. The number of methoxy groups -OCH3 is 1. The summed E-state index contributed by atoms with van der Waals surface area (Å²) in [5.41, 5.74) is 2.08. The average molecular weight is 489 g/mol. The molecule has 0 saturated carbocycles. The van der Waals surface area contributed by atoms with Gasteiger partial charge in [0.05, 0.1) is 13.2 Å². The molecule has 0 spiro atoms. The van der Waals surface area contributed by atoms with Gasteiger partial charge in [0.2, 0.25) is 0 Å². The van der Waals surface area contributed by atoms with Gasteiger partial charge in [-0.1, -0.05) is 66.7 Å². The Balaban J connectivity index is 2.09. The first kappa shape index (κ1) is 24.7. The van der Waals surface area contributed by atoms with Crippen LogP contribution in [0, 0.1) is 11.8 Å². The molecule has 0 bridgehead atoms. The van der Waals surface area contributed by atoms with Crippen LogP contribution < -0.4 is 10.1 Å². The molecule has 3 nitrogen and oxygen atoms in total. The Hall–Kier alpha value is -1.58. The van der Waals surface area contributed by atoms with Crippen molar-refractivity contribution in [3.63, 3.8) is 0 Å². The lowest BCUT2D eigenvalue weighted by molar-refractivity contribution is 0.279. The van der Waals surface area contributed by atoms with Gasteiger partial charge in [-0.05, 0) is 67.0 Å². The Morgan fingerprint density at radius 3 is 2.43 bits per heavy atom. The van der Waals surface area contributed by atoms with Crippen LogP contribution in [0.1, 0.15) is 44.4 Å². The lowest BCUT2D eigenvalue weighted by Crippen LogP contribution is -2.41. The third-order valence-electron chi connectivity index (χ3n) is 5.59. The summed E-state index contributed by atoms with van der Waals surface area (Å²) in [6, 6.07) is 15.9. The minimum atomic E-state index is -1.71. The maximum Gasteiger partial charge on any atom is 0.191 e. The molecule has 2 aromatic carbocycles. The summed E-state index contributed by atoms with van der Waals surface area (Å²) in [6.07, 6.45) is 0.942. The van der Waals surface area contributed by atoms with Gasteiger partial charge in [0.1, 0.15) is 5.75 Å². The van der Waals surface area contributed by atoms with E-state index in [1.807, 2.05) is 48.5 Å². The fraction of sp³-hybridized carbons (Fsp3) is 0.440. The van der Waals surface area contributed by atoms with Gasteiger partial charge < -0.3 is 9.16 Å². The molecular weight excluding hydrogens is 454 g/mol. The lowest BCUT2D eigenvalue weighted by Gasteiger charge is -2.36. The van der Waals surface area contributed by atoms with Crippen LogP contribution in [0.25, 0.3) is 0 Å². The normalized spacial score (nSPS) is 12.8. The van der Waals surface area contributed by atoms with Gasteiger partial charge in [-0.15, -0.1) is 0 Å². The molecule has 1 atom stereocenters. The summed E-state index contributed by atoms with van der Waals surface area (Å²) in [5, 5.41) is 3.83. The zero-order chi connectivity index (χ0) is 22.2. The third kappa shape index (κ3) is 7.28. The highest BCUT2D eigenvalue weighted by Crippen LogP contribution is 2.36. The van der Waals surface area contributed by atoms with Crippen LogP contribution in [-0.4, -0.2) is 28.6 Å². The Morgan fingerprint density at radius 1 is 1.10 bits per heavy atom. The molecule has 0 fully saturated rings. The van der Waals surface area contributed by atoms with Crippen LogP contribution in [-0.2, 0) is 4.43 Å². The van der Waals surface area contributed by atoms with Crippen LogP contribution in [0.4, 0.5) is 0 Å². The van der Waals surface area contributed by atoms with Gasteiger partial charge in [0.25, 0.3) is 0 Å². The van der Waals surface area contributed by atoms with Gasteiger partial charge in [-0.3, -0.25) is 5.32 Å². The first-order chi connectivity index (χ1) is 14.1. The largest absolute Gasteiger partial charge is 0.497 e. The van der Waals surface area contributed by atoms with Crippen LogP contribution in [0.5, 0.6) is 5.75 Å². The van der Waals surface area contributed by atoms with E-state index >= 15 is 0 Å². The van der Waals surface area contributed by atoms with Crippen molar-refractivity contribution in [1.82, 2.24) is 5.32 Å². The molecule has 0 aliphatic rings. The SMILES string of the molecule is COc1ccc(Br)c(C(C#Cc2ccccc2)NCCCO[Si](C)(C)C(C)(C)C)c1. The lowest BCUT2D eigenvalue weighted by atomic mass is 10.1. The molecule has 1 unspecified atom stereocenters. The van der Waals surface area contributed by atoms with E-state index in [0.29, 0.717) is 0 Å². The highest BCUT2D eigenvalue weighted by molar-refractivity contribution is 9.10. The van der Waals surface area contributed by atoms with Crippen molar-refractivity contribution in [3.05, 3.63) is 64.1 Å². The summed E-state index contributed by atoms with van der Waals surface area (Å²) in [7, 11) is -0.0226. The number of nitrogens with one attached hydrogen (secondary N) is 1. The monoisotopic (exact) mass is 487 g/mol. The van der Waals surface area contributed by atoms with Crippen LogP contribution in [0.2, 0.25) is 18.1 Å². The third-order valence-corrected chi connectivity index (χ3v) is 10.8. The number of benzene rings is 2. The summed E-state index contributed by atoms with van der Waals surface area (Å²) >= 11 is 3.67. The molecule has 0 amide bonds. The van der Waals surface area contributed by atoms with Crippen molar-refractivity contribution in [2.45, 2.75) is 51.4 Å². The number of halogens is 1. The molecule has 0 saturated heterocycles. The summed E-state index contributed by atoms with van der Waals surface area (Å²) in [4.78, 5) is 0. The topological polar surface area (TPSA) is 30.5 Å². The smallest absolute Gasteiger partial charge is 0.191 e. The van der Waals surface area contributed by atoms with Crippen LogP contribution in [0.15, 0.2) is 53.0 Å². The number of ether oxygens (including phenoxy) is 1. The first-order valence-electron chi connectivity index (χ1n) is 10.4. The van der Waals surface area contributed by atoms with Crippen molar-refractivity contribution in [3.8, 4) is 17.6 Å². The average Bonchev–Trinajstić information content (AvgIpc) is 2.70. The van der Waals surface area contributed by atoms with Gasteiger partial charge in [0.15, 0.2) is 8.32 Å². The molecule has 0 aromatic heterocycles. The van der Waals surface area contributed by atoms with E-state index in [1.165, 1.54) is 0 Å². The van der Waals surface area contributed by atoms with Crippen molar-refractivity contribution in [2.24, 2.45) is 0 Å². The highest BCUT2D eigenvalue weighted by atomic mass is 79.9. The molecule has 0 aliphatic carbocycles. The molecule has 0 heterocycles. The van der Waals surface area contributed by atoms with E-state index in [-0.39, 0.29) is 11.1 Å². The van der Waals surface area contributed by atoms with Gasteiger partial charge in [0, 0.05) is 16.6 Å². The predicted molar refractivity (Wildman–Crippen MR) is 133 cm³/mol. The highest BCUT2D eigenvalue weighted by Gasteiger charge is 2.36. The van der Waals surface area contributed by atoms with Crippen molar-refractivity contribution in [1.29, 1.82) is 0 Å². The van der Waals surface area contributed by atoms with E-state index in [2.05, 4.69) is 67.0 Å². The van der Waals surface area contributed by atoms with E-state index in [0.717, 1.165) is 40.9 Å². The van der Waals surface area contributed by atoms with Gasteiger partial charge in [-0.25, -0.2) is 0 Å². The quantitative estimate of drug-likeness (QED) is 0.260. The van der Waals surface area contributed by atoms with E-state index < -0.39 is 8.32 Å². The summed E-state index contributed by atoms with van der Waals surface area (Å²) < 4.78 is 12.7. The molecule has 5 heteroatoms. The maximum atomic E-state index is 6.30. The van der Waals surface area contributed by atoms with E-state index in [9.17, 15) is 0 Å². The minimum absolute atomic E-state index is 0.109. The fourth-order valence-electron chi connectivity index (χ4n) is 2.65. The second-order valence-corrected chi connectivity index (χ2v) is 14.5. The number of rotatable bonds is 8. The van der Waals surface area contributed by atoms with Crippen LogP contribution in [0.3, 0.4) is 0 Å². The maximum absolute atomic E-state index is 6.30. The molecule has 0 radical (unpaired) electrons. The van der Waals surface area contributed by atoms with E-state index in [1.54, 1.807) is 7.11 Å².